The third kappa shape index (κ3) is 14.1. The minimum absolute atomic E-state index is 0.0276. The van der Waals surface area contributed by atoms with Crippen molar-refractivity contribution in [1.29, 1.82) is 0 Å². The van der Waals surface area contributed by atoms with Gasteiger partial charge in [0.1, 0.15) is 46.0 Å². The molecule has 416 valence electrons. The number of unbranched alkanes of at least 4 members (excludes halogenated alkanes) is 24. The van der Waals surface area contributed by atoms with Gasteiger partial charge in [-0.3, -0.25) is 0 Å². The van der Waals surface area contributed by atoms with Crippen LogP contribution in [0, 0.1) is 0 Å². The summed E-state index contributed by atoms with van der Waals surface area (Å²) < 4.78 is 54.1. The lowest BCUT2D eigenvalue weighted by Crippen LogP contribution is -2.22. The Hall–Kier alpha value is -4.72. The number of rotatable bonds is 32. The van der Waals surface area contributed by atoms with Gasteiger partial charge in [0.05, 0.1) is 0 Å². The normalized spacial score (nSPS) is 18.5. The van der Waals surface area contributed by atoms with Crippen molar-refractivity contribution in [1.82, 2.24) is 0 Å². The fourth-order valence-electron chi connectivity index (χ4n) is 13.3. The van der Waals surface area contributed by atoms with Crippen LogP contribution in [0.25, 0.3) is 0 Å². The molecule has 0 fully saturated rings. The van der Waals surface area contributed by atoms with Crippen LogP contribution >= 0.6 is 0 Å². The molecule has 0 aromatic heterocycles. The molecule has 0 unspecified atom stereocenters. The first kappa shape index (κ1) is 56.0. The van der Waals surface area contributed by atoms with Gasteiger partial charge < -0.3 is 37.9 Å². The van der Waals surface area contributed by atoms with Crippen LogP contribution in [0.4, 0.5) is 0 Å². The average molecular weight is 1040 g/mol. The summed E-state index contributed by atoms with van der Waals surface area (Å²) >= 11 is 0. The van der Waals surface area contributed by atoms with Gasteiger partial charge in [-0.05, 0) is 49.9 Å². The van der Waals surface area contributed by atoms with E-state index >= 15 is 0 Å². The van der Waals surface area contributed by atoms with Crippen molar-refractivity contribution in [2.45, 2.75) is 257 Å². The Kier molecular flexibility index (Phi) is 21.6. The van der Waals surface area contributed by atoms with Crippen LogP contribution < -0.4 is 37.9 Å². The van der Waals surface area contributed by atoms with Crippen molar-refractivity contribution in [3.05, 3.63) is 93.0 Å². The van der Waals surface area contributed by atoms with Gasteiger partial charge in [-0.15, -0.1) is 0 Å². The predicted octanol–water partition coefficient (Wildman–Crippen LogP) is 20.0. The molecular formula is C68H96O8. The second kappa shape index (κ2) is 29.3. The minimum atomic E-state index is 0.0276. The predicted molar refractivity (Wildman–Crippen MR) is 308 cm³/mol. The lowest BCUT2D eigenvalue weighted by atomic mass is 9.76. The molecule has 9 rings (SSSR count). The summed E-state index contributed by atoms with van der Waals surface area (Å²) in [5.74, 6) is 6.84. The maximum absolute atomic E-state index is 6.76. The number of hydrogen-bond acceptors (Lipinski definition) is 8. The van der Waals surface area contributed by atoms with Gasteiger partial charge in [0, 0.05) is 92.4 Å². The van der Waals surface area contributed by atoms with Crippen LogP contribution in [0.3, 0.4) is 0 Å². The van der Waals surface area contributed by atoms with E-state index < -0.39 is 0 Å². The average Bonchev–Trinajstić information content (AvgIpc) is 3.48. The zero-order chi connectivity index (χ0) is 52.3. The van der Waals surface area contributed by atoms with Gasteiger partial charge in [-0.1, -0.05) is 207 Å². The highest BCUT2D eigenvalue weighted by Gasteiger charge is 2.37. The van der Waals surface area contributed by atoms with Crippen LogP contribution in [0.5, 0.6) is 46.0 Å². The van der Waals surface area contributed by atoms with E-state index in [9.17, 15) is 0 Å². The van der Waals surface area contributed by atoms with E-state index in [4.69, 9.17) is 37.9 Å². The standard InChI is InChI=1S/C68H96O8/c1-5-9-13-17-21-25-29-33-49-53-37-55-50(34-30-26-22-18-14-10-6-2)57-39-59-52(36-32-28-24-20-16-12-8-4)60-40-58-51(35-31-27-23-19-15-11-7-3)56-38-54(49)62-42-64(56)72-47-74-66(58)44-68(60)76-48-75-67(59)43-65(57)73-46-71-63(55)41-61(53)69-45-70-62/h37-44,49-52H,5-36,45-48H2,1-4H3. The first-order valence-corrected chi connectivity index (χ1v) is 31.3. The number of ether oxygens (including phenoxy) is 8. The molecule has 4 aliphatic heterocycles. The van der Waals surface area contributed by atoms with Crippen LogP contribution in [-0.2, 0) is 0 Å². The Morgan fingerprint density at radius 3 is 0.553 bits per heavy atom. The quantitative estimate of drug-likeness (QED) is 0.0448. The molecule has 4 heterocycles. The molecule has 0 saturated carbocycles. The third-order valence-corrected chi connectivity index (χ3v) is 17.7. The monoisotopic (exact) mass is 1040 g/mol. The van der Waals surface area contributed by atoms with E-state index in [1.807, 2.05) is 0 Å². The Morgan fingerprint density at radius 1 is 0.224 bits per heavy atom. The first-order valence-electron chi connectivity index (χ1n) is 31.3. The van der Waals surface area contributed by atoms with E-state index in [0.717, 1.165) is 97.4 Å². The summed E-state index contributed by atoms with van der Waals surface area (Å²) in [5.41, 5.74) is 9.83. The summed E-state index contributed by atoms with van der Waals surface area (Å²) in [5, 5.41) is 0. The Bertz CT molecular complexity index is 1980. The highest BCUT2D eigenvalue weighted by molar-refractivity contribution is 5.64. The Morgan fingerprint density at radius 2 is 0.382 bits per heavy atom. The van der Waals surface area contributed by atoms with Crippen molar-refractivity contribution >= 4 is 0 Å². The highest BCUT2D eigenvalue weighted by atomic mass is 16.7. The topological polar surface area (TPSA) is 73.8 Å². The van der Waals surface area contributed by atoms with E-state index in [0.29, 0.717) is 0 Å². The second-order valence-electron chi connectivity index (χ2n) is 23.2. The SMILES string of the molecule is CCCCCCCCCC1c2cc3c4cc2OCOc2cc5c(cc21)C(CCCCCCCCC)c1cc2c(cc1OCO5)OCOc1cc(c(cc1C2CCCCCCCCC)C3CCCCCCCCC)OCO4. The molecule has 1 aliphatic carbocycles. The van der Waals surface area contributed by atoms with Gasteiger partial charge in [0.15, 0.2) is 0 Å². The van der Waals surface area contributed by atoms with E-state index in [-0.39, 0.29) is 50.8 Å². The molecule has 8 bridgehead atoms. The summed E-state index contributed by atoms with van der Waals surface area (Å²) in [6.07, 6.45) is 38.9. The van der Waals surface area contributed by atoms with Crippen molar-refractivity contribution < 1.29 is 37.9 Å². The fourth-order valence-corrected chi connectivity index (χ4v) is 13.3. The Balaban J connectivity index is 1.24. The van der Waals surface area contributed by atoms with E-state index in [1.165, 1.54) is 199 Å². The van der Waals surface area contributed by atoms with Crippen molar-refractivity contribution in [2.75, 3.05) is 27.2 Å². The summed E-state index contributed by atoms with van der Waals surface area (Å²) in [6.45, 7) is 9.55. The molecular weight excluding hydrogens is 945 g/mol. The van der Waals surface area contributed by atoms with Crippen LogP contribution in [0.15, 0.2) is 48.5 Å². The van der Waals surface area contributed by atoms with Crippen molar-refractivity contribution in [2.24, 2.45) is 0 Å². The van der Waals surface area contributed by atoms with Crippen molar-refractivity contribution in [3.8, 4) is 46.0 Å². The molecule has 8 heteroatoms. The maximum atomic E-state index is 6.76. The van der Waals surface area contributed by atoms with Gasteiger partial charge in [0.2, 0.25) is 27.2 Å². The van der Waals surface area contributed by atoms with Gasteiger partial charge in [-0.2, -0.15) is 0 Å². The molecule has 4 aromatic carbocycles. The van der Waals surface area contributed by atoms with Gasteiger partial charge >= 0.3 is 0 Å². The zero-order valence-corrected chi connectivity index (χ0v) is 47.7. The van der Waals surface area contributed by atoms with Crippen LogP contribution in [-0.4, -0.2) is 27.2 Å². The summed E-state index contributed by atoms with van der Waals surface area (Å²) in [7, 11) is 0. The van der Waals surface area contributed by atoms with Gasteiger partial charge in [-0.25, -0.2) is 0 Å². The molecule has 0 radical (unpaired) electrons. The van der Waals surface area contributed by atoms with Crippen LogP contribution in [0.2, 0.25) is 0 Å². The highest BCUT2D eigenvalue weighted by Crippen LogP contribution is 2.55. The molecule has 0 atom stereocenters. The number of benzene rings is 4. The van der Waals surface area contributed by atoms with E-state index in [1.54, 1.807) is 0 Å². The van der Waals surface area contributed by atoms with Crippen molar-refractivity contribution in [3.63, 3.8) is 0 Å². The molecule has 4 aromatic rings. The first-order chi connectivity index (χ1) is 37.6. The second-order valence-corrected chi connectivity index (χ2v) is 23.2. The molecule has 8 nitrogen and oxygen atoms in total. The summed E-state index contributed by atoms with van der Waals surface area (Å²) in [4.78, 5) is 0. The van der Waals surface area contributed by atoms with Gasteiger partial charge in [0.25, 0.3) is 0 Å². The maximum Gasteiger partial charge on any atom is 0.230 e. The zero-order valence-electron chi connectivity index (χ0n) is 47.7. The molecule has 0 spiro atoms. The largest absolute Gasteiger partial charge is 0.457 e. The third-order valence-electron chi connectivity index (χ3n) is 17.7. The molecule has 0 amide bonds. The lowest BCUT2D eigenvalue weighted by Gasteiger charge is -2.35. The van der Waals surface area contributed by atoms with E-state index in [2.05, 4.69) is 76.2 Å². The lowest BCUT2D eigenvalue weighted by molar-refractivity contribution is 0.0985. The number of hydrogen-bond donors (Lipinski definition) is 0. The van der Waals surface area contributed by atoms with Crippen LogP contribution in [0.1, 0.15) is 301 Å². The molecule has 0 N–H and O–H groups in total. The molecule has 76 heavy (non-hydrogen) atoms. The molecule has 5 aliphatic rings. The smallest absolute Gasteiger partial charge is 0.230 e. The Labute approximate surface area is 459 Å². The summed E-state index contributed by atoms with van der Waals surface area (Å²) in [6, 6.07) is 18.8. The minimum Gasteiger partial charge on any atom is -0.457 e. The molecule has 0 saturated heterocycles. The fraction of sp³-hybridized carbons (Fsp3) is 0.647.